The second kappa shape index (κ2) is 6.06. The van der Waals surface area contributed by atoms with E-state index in [2.05, 4.69) is 10.3 Å². The molecule has 0 saturated carbocycles. The van der Waals surface area contributed by atoms with E-state index in [-0.39, 0.29) is 23.6 Å². The molecule has 1 atom stereocenters. The molecular weight excluding hydrogens is 254 g/mol. The van der Waals surface area contributed by atoms with E-state index in [1.165, 1.54) is 0 Å². The van der Waals surface area contributed by atoms with Gasteiger partial charge in [-0.05, 0) is 17.9 Å². The fraction of sp³-hybridized carbons (Fsp3) is 0.538. The smallest absolute Gasteiger partial charge is 0.254 e. The quantitative estimate of drug-likeness (QED) is 0.823. The Balaban J connectivity index is 2.91. The fourth-order valence-electron chi connectivity index (χ4n) is 1.68. The van der Waals surface area contributed by atoms with Gasteiger partial charge in [-0.1, -0.05) is 20.8 Å². The molecular formula is C13H18F2N2O2. The molecule has 0 radical (unpaired) electrons. The molecule has 6 heteroatoms. The molecule has 1 heterocycles. The van der Waals surface area contributed by atoms with Crippen molar-refractivity contribution in [2.75, 3.05) is 6.61 Å². The summed E-state index contributed by atoms with van der Waals surface area (Å²) in [5, 5.41) is 11.6. The van der Waals surface area contributed by atoms with Gasteiger partial charge in [-0.15, -0.1) is 0 Å². The summed E-state index contributed by atoms with van der Waals surface area (Å²) in [6.07, 6.45) is 1.37. The molecule has 0 bridgehead atoms. The number of amides is 1. The number of nitrogens with one attached hydrogen (secondary N) is 1. The minimum absolute atomic E-state index is 0.102. The first-order valence-electron chi connectivity index (χ1n) is 5.99. The molecule has 1 rings (SSSR count). The Bertz CT molecular complexity index is 458. The highest BCUT2D eigenvalue weighted by Crippen LogP contribution is 2.22. The number of aliphatic hydroxyl groups is 1. The van der Waals surface area contributed by atoms with E-state index >= 15 is 0 Å². The maximum atomic E-state index is 13.4. The lowest BCUT2D eigenvalue weighted by Gasteiger charge is -2.31. The molecule has 0 aliphatic carbocycles. The molecule has 0 saturated heterocycles. The third kappa shape index (κ3) is 3.96. The number of hydrogen-bond donors (Lipinski definition) is 2. The van der Waals surface area contributed by atoms with Crippen molar-refractivity contribution in [2.45, 2.75) is 33.2 Å². The minimum Gasteiger partial charge on any atom is -0.396 e. The predicted octanol–water partition coefficient (Wildman–Crippen LogP) is 1.89. The van der Waals surface area contributed by atoms with E-state index < -0.39 is 17.7 Å². The van der Waals surface area contributed by atoms with E-state index in [0.29, 0.717) is 6.42 Å². The van der Waals surface area contributed by atoms with Crippen LogP contribution in [0.3, 0.4) is 0 Å². The fourth-order valence-corrected chi connectivity index (χ4v) is 1.68. The average Bonchev–Trinajstić information content (AvgIpc) is 2.30. The Kier molecular flexibility index (Phi) is 4.94. The third-order valence-electron chi connectivity index (χ3n) is 2.86. The second-order valence-electron chi connectivity index (χ2n) is 5.37. The Morgan fingerprint density at radius 1 is 1.47 bits per heavy atom. The highest BCUT2D eigenvalue weighted by atomic mass is 19.2. The molecule has 2 N–H and O–H groups in total. The third-order valence-corrected chi connectivity index (χ3v) is 2.86. The molecule has 0 fully saturated rings. The first-order valence-corrected chi connectivity index (χ1v) is 5.99. The molecule has 0 aliphatic heterocycles. The van der Waals surface area contributed by atoms with Gasteiger partial charge in [0.25, 0.3) is 5.91 Å². The van der Waals surface area contributed by atoms with Crippen molar-refractivity contribution in [1.29, 1.82) is 0 Å². The van der Waals surface area contributed by atoms with Crippen LogP contribution in [0, 0.1) is 17.2 Å². The van der Waals surface area contributed by atoms with Crippen LogP contribution in [0.1, 0.15) is 37.6 Å². The molecule has 0 aliphatic rings. The summed E-state index contributed by atoms with van der Waals surface area (Å²) in [6.45, 7) is 5.56. The van der Waals surface area contributed by atoms with E-state index in [4.69, 9.17) is 5.11 Å². The van der Waals surface area contributed by atoms with Crippen LogP contribution in [0.15, 0.2) is 12.3 Å². The minimum atomic E-state index is -1.30. The lowest BCUT2D eigenvalue weighted by Crippen LogP contribution is -2.44. The number of carbonyl (C=O) groups excluding carboxylic acids is 1. The summed E-state index contributed by atoms with van der Waals surface area (Å²) in [6, 6.07) is 0.771. The van der Waals surface area contributed by atoms with Crippen molar-refractivity contribution in [2.24, 2.45) is 5.41 Å². The zero-order valence-electron chi connectivity index (χ0n) is 11.2. The Labute approximate surface area is 110 Å². The number of rotatable bonds is 4. The Hall–Kier alpha value is -1.56. The van der Waals surface area contributed by atoms with Gasteiger partial charge in [-0.25, -0.2) is 9.37 Å². The van der Waals surface area contributed by atoms with Gasteiger partial charge in [-0.2, -0.15) is 4.39 Å². The summed E-state index contributed by atoms with van der Waals surface area (Å²) in [7, 11) is 0. The number of aliphatic hydroxyl groups excluding tert-OH is 1. The highest BCUT2D eigenvalue weighted by Gasteiger charge is 2.27. The predicted molar refractivity (Wildman–Crippen MR) is 66.6 cm³/mol. The van der Waals surface area contributed by atoms with E-state index in [1.54, 1.807) is 0 Å². The standard InChI is InChI=1S/C13H18F2N2O2/c1-13(2,3)9(5-7-18)17-12(19)8-4-6-16-11(15)10(8)14/h4,6,9,18H,5,7H2,1-3H3,(H,17,19). The number of halogens is 2. The maximum Gasteiger partial charge on any atom is 0.254 e. The van der Waals surface area contributed by atoms with Crippen LogP contribution in [0.25, 0.3) is 0 Å². The summed E-state index contributed by atoms with van der Waals surface area (Å²) in [4.78, 5) is 15.0. The van der Waals surface area contributed by atoms with Crippen molar-refractivity contribution in [1.82, 2.24) is 10.3 Å². The second-order valence-corrected chi connectivity index (χ2v) is 5.37. The molecule has 1 aromatic heterocycles. The maximum absolute atomic E-state index is 13.4. The van der Waals surface area contributed by atoms with Crippen LogP contribution in [0.2, 0.25) is 0 Å². The lowest BCUT2D eigenvalue weighted by atomic mass is 9.85. The monoisotopic (exact) mass is 272 g/mol. The van der Waals surface area contributed by atoms with E-state index in [0.717, 1.165) is 12.3 Å². The van der Waals surface area contributed by atoms with Crippen LogP contribution in [0.4, 0.5) is 8.78 Å². The van der Waals surface area contributed by atoms with Crippen LogP contribution in [-0.4, -0.2) is 28.6 Å². The van der Waals surface area contributed by atoms with Crippen molar-refractivity contribution in [3.05, 3.63) is 29.6 Å². The topological polar surface area (TPSA) is 62.2 Å². The van der Waals surface area contributed by atoms with Crippen molar-refractivity contribution < 1.29 is 18.7 Å². The molecule has 1 unspecified atom stereocenters. The number of nitrogens with zero attached hydrogens (tertiary/aromatic N) is 1. The lowest BCUT2D eigenvalue weighted by molar-refractivity contribution is 0.0879. The summed E-state index contributed by atoms with van der Waals surface area (Å²) in [5.41, 5.74) is -0.694. The van der Waals surface area contributed by atoms with Crippen LogP contribution in [0.5, 0.6) is 0 Å². The first kappa shape index (κ1) is 15.5. The Morgan fingerprint density at radius 2 is 2.11 bits per heavy atom. The van der Waals surface area contributed by atoms with Crippen LogP contribution >= 0.6 is 0 Å². The molecule has 1 amide bonds. The summed E-state index contributed by atoms with van der Waals surface area (Å²) in [5.74, 6) is -3.29. The Morgan fingerprint density at radius 3 is 2.63 bits per heavy atom. The SMILES string of the molecule is CC(C)(C)C(CCO)NC(=O)c1ccnc(F)c1F. The number of carbonyl (C=O) groups is 1. The van der Waals surface area contributed by atoms with Gasteiger partial charge in [0.1, 0.15) is 0 Å². The van der Waals surface area contributed by atoms with Crippen LogP contribution < -0.4 is 5.32 Å². The van der Waals surface area contributed by atoms with Gasteiger partial charge in [0.2, 0.25) is 5.95 Å². The molecule has 106 valence electrons. The van der Waals surface area contributed by atoms with Crippen molar-refractivity contribution >= 4 is 5.91 Å². The van der Waals surface area contributed by atoms with E-state index in [1.807, 2.05) is 20.8 Å². The van der Waals surface area contributed by atoms with Crippen LogP contribution in [-0.2, 0) is 0 Å². The van der Waals surface area contributed by atoms with Gasteiger partial charge in [0.15, 0.2) is 5.82 Å². The van der Waals surface area contributed by atoms with Crippen molar-refractivity contribution in [3.8, 4) is 0 Å². The normalized spacial score (nSPS) is 13.2. The van der Waals surface area contributed by atoms with Crippen molar-refractivity contribution in [3.63, 3.8) is 0 Å². The number of hydrogen-bond acceptors (Lipinski definition) is 3. The number of pyridine rings is 1. The highest BCUT2D eigenvalue weighted by molar-refractivity contribution is 5.94. The molecule has 1 aromatic rings. The van der Waals surface area contributed by atoms with Gasteiger partial charge >= 0.3 is 0 Å². The first-order chi connectivity index (χ1) is 8.77. The largest absolute Gasteiger partial charge is 0.396 e. The summed E-state index contributed by atoms with van der Waals surface area (Å²) < 4.78 is 26.4. The molecule has 19 heavy (non-hydrogen) atoms. The van der Waals surface area contributed by atoms with Gasteiger partial charge in [0.05, 0.1) is 5.56 Å². The van der Waals surface area contributed by atoms with E-state index in [9.17, 15) is 13.6 Å². The van der Waals surface area contributed by atoms with Gasteiger partial charge < -0.3 is 10.4 Å². The zero-order valence-corrected chi connectivity index (χ0v) is 11.2. The molecule has 0 spiro atoms. The van der Waals surface area contributed by atoms with Gasteiger partial charge in [0, 0.05) is 18.8 Å². The van der Waals surface area contributed by atoms with Gasteiger partial charge in [-0.3, -0.25) is 4.79 Å². The molecule has 4 nitrogen and oxygen atoms in total. The molecule has 0 aromatic carbocycles. The number of aromatic nitrogens is 1. The summed E-state index contributed by atoms with van der Waals surface area (Å²) >= 11 is 0. The average molecular weight is 272 g/mol. The zero-order chi connectivity index (χ0) is 14.6.